The summed E-state index contributed by atoms with van der Waals surface area (Å²) in [6.07, 6.45) is 4.49. The van der Waals surface area contributed by atoms with Gasteiger partial charge in [-0.2, -0.15) is 0 Å². The number of carbonyl (C=O) groups is 3. The van der Waals surface area contributed by atoms with Gasteiger partial charge in [0.25, 0.3) is 0 Å². The Morgan fingerprint density at radius 1 is 1.28 bits per heavy atom. The van der Waals surface area contributed by atoms with Crippen molar-refractivity contribution in [2.45, 2.75) is 32.6 Å². The highest BCUT2D eigenvalue weighted by Gasteiger charge is 2.20. The lowest BCUT2D eigenvalue weighted by Gasteiger charge is -2.19. The third kappa shape index (κ3) is 7.38. The molecule has 0 aliphatic rings. The zero-order valence-corrected chi connectivity index (χ0v) is 16.3. The van der Waals surface area contributed by atoms with Crippen molar-refractivity contribution < 1.29 is 24.3 Å². The van der Waals surface area contributed by atoms with Crippen LogP contribution in [0.3, 0.4) is 0 Å². The molecule has 0 saturated heterocycles. The van der Waals surface area contributed by atoms with Crippen molar-refractivity contribution in [3.8, 4) is 5.75 Å². The normalized spacial score (nSPS) is 11.5. The van der Waals surface area contributed by atoms with E-state index in [1.807, 2.05) is 13.0 Å². The monoisotopic (exact) mass is 402 g/mol. The molecule has 29 heavy (non-hydrogen) atoms. The van der Waals surface area contributed by atoms with Gasteiger partial charge >= 0.3 is 6.09 Å². The van der Waals surface area contributed by atoms with Gasteiger partial charge in [0.2, 0.25) is 12.3 Å². The number of amides is 3. The van der Waals surface area contributed by atoms with Crippen LogP contribution in [0.25, 0.3) is 10.9 Å². The first kappa shape index (κ1) is 22.1. The van der Waals surface area contributed by atoms with Crippen molar-refractivity contribution in [1.82, 2.24) is 20.7 Å². The summed E-state index contributed by atoms with van der Waals surface area (Å²) in [5.74, 6) is -0.574. The summed E-state index contributed by atoms with van der Waals surface area (Å²) in [7, 11) is 0. The summed E-state index contributed by atoms with van der Waals surface area (Å²) in [6, 6.07) is 8.72. The first-order valence-electron chi connectivity index (χ1n) is 9.52. The molecule has 1 aromatic heterocycles. The standard InChI is InChI=1S/C20H26N4O5/c1-2-3-4-6-16(12-24(28)14-25)19(26)22-13-23-20(27)29-17-8-9-18-15(11-17)7-5-10-21-18/h5,7-11,14,16,28H,2-4,6,12-13H2,1H3,(H,22,26)(H,23,27)/t16-/m1/s1. The molecule has 0 radical (unpaired) electrons. The van der Waals surface area contributed by atoms with Crippen LogP contribution in [0.4, 0.5) is 4.79 Å². The quantitative estimate of drug-likeness (QED) is 0.175. The van der Waals surface area contributed by atoms with Crippen molar-refractivity contribution in [3.05, 3.63) is 36.5 Å². The zero-order chi connectivity index (χ0) is 21.1. The van der Waals surface area contributed by atoms with Gasteiger partial charge in [-0.1, -0.05) is 32.3 Å². The maximum absolute atomic E-state index is 12.3. The molecule has 1 atom stereocenters. The van der Waals surface area contributed by atoms with Crippen LogP contribution >= 0.6 is 0 Å². The van der Waals surface area contributed by atoms with Gasteiger partial charge in [-0.3, -0.25) is 19.8 Å². The van der Waals surface area contributed by atoms with E-state index in [9.17, 15) is 19.6 Å². The van der Waals surface area contributed by atoms with Gasteiger partial charge in [0.15, 0.2) is 0 Å². The molecule has 0 spiro atoms. The third-order valence-electron chi connectivity index (χ3n) is 4.34. The van der Waals surface area contributed by atoms with Crippen LogP contribution in [-0.2, 0) is 9.59 Å². The van der Waals surface area contributed by atoms with E-state index >= 15 is 0 Å². The number of nitrogens with one attached hydrogen (secondary N) is 2. The average Bonchev–Trinajstić information content (AvgIpc) is 2.72. The molecule has 0 unspecified atom stereocenters. The van der Waals surface area contributed by atoms with Crippen LogP contribution in [-0.4, -0.2) is 46.9 Å². The van der Waals surface area contributed by atoms with Crippen molar-refractivity contribution >= 4 is 29.3 Å². The highest BCUT2D eigenvalue weighted by Crippen LogP contribution is 2.18. The molecule has 9 nitrogen and oxygen atoms in total. The van der Waals surface area contributed by atoms with Crippen molar-refractivity contribution in [2.24, 2.45) is 5.92 Å². The molecular weight excluding hydrogens is 376 g/mol. The topological polar surface area (TPSA) is 121 Å². The molecule has 0 fully saturated rings. The molecule has 0 aliphatic carbocycles. The van der Waals surface area contributed by atoms with E-state index in [-0.39, 0.29) is 25.5 Å². The Morgan fingerprint density at radius 3 is 2.86 bits per heavy atom. The van der Waals surface area contributed by atoms with E-state index < -0.39 is 12.0 Å². The fourth-order valence-corrected chi connectivity index (χ4v) is 2.82. The predicted octanol–water partition coefficient (Wildman–Crippen LogP) is 2.44. The van der Waals surface area contributed by atoms with E-state index in [0.717, 1.165) is 30.2 Å². The van der Waals surface area contributed by atoms with E-state index in [2.05, 4.69) is 15.6 Å². The second-order valence-corrected chi connectivity index (χ2v) is 6.56. The number of hydroxylamine groups is 2. The van der Waals surface area contributed by atoms with Crippen molar-refractivity contribution in [1.29, 1.82) is 0 Å². The first-order valence-corrected chi connectivity index (χ1v) is 9.52. The number of unbranched alkanes of at least 4 members (excludes halogenated alkanes) is 2. The average molecular weight is 402 g/mol. The van der Waals surface area contributed by atoms with Gasteiger partial charge in [-0.15, -0.1) is 0 Å². The number of hydrogen-bond donors (Lipinski definition) is 3. The Hall–Kier alpha value is -3.20. The number of pyridine rings is 1. The van der Waals surface area contributed by atoms with Gasteiger partial charge in [0.05, 0.1) is 24.6 Å². The smallest absolute Gasteiger partial charge is 0.410 e. The number of fused-ring (bicyclic) bond motifs is 1. The fourth-order valence-electron chi connectivity index (χ4n) is 2.82. The van der Waals surface area contributed by atoms with Crippen LogP contribution in [0.15, 0.2) is 36.5 Å². The molecule has 0 saturated carbocycles. The van der Waals surface area contributed by atoms with Crippen LogP contribution in [0, 0.1) is 5.92 Å². The van der Waals surface area contributed by atoms with Gasteiger partial charge in [-0.05, 0) is 30.7 Å². The van der Waals surface area contributed by atoms with Crippen LogP contribution < -0.4 is 15.4 Å². The van der Waals surface area contributed by atoms with Crippen molar-refractivity contribution in [2.75, 3.05) is 13.2 Å². The number of nitrogens with zero attached hydrogens (tertiary/aromatic N) is 2. The highest BCUT2D eigenvalue weighted by molar-refractivity contribution is 5.81. The maximum Gasteiger partial charge on any atom is 0.413 e. The fraction of sp³-hybridized carbons (Fsp3) is 0.400. The van der Waals surface area contributed by atoms with Gasteiger partial charge < -0.3 is 15.4 Å². The largest absolute Gasteiger partial charge is 0.413 e. The first-order chi connectivity index (χ1) is 14.0. The molecule has 3 amide bonds. The lowest BCUT2D eigenvalue weighted by molar-refractivity contribution is -0.154. The van der Waals surface area contributed by atoms with Crippen LogP contribution in [0.2, 0.25) is 0 Å². The van der Waals surface area contributed by atoms with Crippen LogP contribution in [0.1, 0.15) is 32.6 Å². The number of aromatic nitrogens is 1. The molecule has 2 rings (SSSR count). The number of benzene rings is 1. The predicted molar refractivity (Wildman–Crippen MR) is 106 cm³/mol. The molecule has 0 bridgehead atoms. The van der Waals surface area contributed by atoms with Gasteiger partial charge in [0, 0.05) is 11.6 Å². The molecule has 0 aliphatic heterocycles. The molecule has 156 valence electrons. The number of carbonyl (C=O) groups excluding carboxylic acids is 3. The van der Waals surface area contributed by atoms with Crippen LogP contribution in [0.5, 0.6) is 5.75 Å². The van der Waals surface area contributed by atoms with Gasteiger partial charge in [0.1, 0.15) is 5.75 Å². The van der Waals surface area contributed by atoms with E-state index in [0.29, 0.717) is 17.2 Å². The second kappa shape index (κ2) is 11.6. The molecule has 1 aromatic carbocycles. The van der Waals surface area contributed by atoms with E-state index in [4.69, 9.17) is 4.74 Å². The summed E-state index contributed by atoms with van der Waals surface area (Å²) < 4.78 is 5.20. The Balaban J connectivity index is 1.81. The summed E-state index contributed by atoms with van der Waals surface area (Å²) in [6.45, 7) is 1.80. The summed E-state index contributed by atoms with van der Waals surface area (Å²) in [4.78, 5) is 39.1. The number of hydrogen-bond acceptors (Lipinski definition) is 6. The van der Waals surface area contributed by atoms with Gasteiger partial charge in [-0.25, -0.2) is 9.86 Å². The lowest BCUT2D eigenvalue weighted by Crippen LogP contribution is -2.43. The number of rotatable bonds is 11. The Morgan fingerprint density at radius 2 is 2.10 bits per heavy atom. The summed E-state index contributed by atoms with van der Waals surface area (Å²) in [5.41, 5.74) is 0.787. The highest BCUT2D eigenvalue weighted by atomic mass is 16.6. The summed E-state index contributed by atoms with van der Waals surface area (Å²) >= 11 is 0. The lowest BCUT2D eigenvalue weighted by atomic mass is 10.0. The minimum atomic E-state index is -0.715. The molecular formula is C20H26N4O5. The molecule has 9 heteroatoms. The maximum atomic E-state index is 12.3. The summed E-state index contributed by atoms with van der Waals surface area (Å²) in [5, 5.41) is 15.7. The Labute approximate surface area is 169 Å². The molecule has 3 N–H and O–H groups in total. The Bertz CT molecular complexity index is 829. The molecule has 1 heterocycles. The molecule has 2 aromatic rings. The van der Waals surface area contributed by atoms with Crippen molar-refractivity contribution in [3.63, 3.8) is 0 Å². The second-order valence-electron chi connectivity index (χ2n) is 6.56. The van der Waals surface area contributed by atoms with E-state index in [1.165, 1.54) is 0 Å². The third-order valence-corrected chi connectivity index (χ3v) is 4.34. The zero-order valence-electron chi connectivity index (χ0n) is 16.3. The Kier molecular flexibility index (Phi) is 8.84. The minimum Gasteiger partial charge on any atom is -0.410 e. The van der Waals surface area contributed by atoms with E-state index in [1.54, 1.807) is 30.5 Å². The number of ether oxygens (including phenoxy) is 1. The minimum absolute atomic E-state index is 0.103. The SMILES string of the molecule is CCCCC[C@H](CN(O)C=O)C(=O)NCNC(=O)Oc1ccc2ncccc2c1.